The summed E-state index contributed by atoms with van der Waals surface area (Å²) in [6, 6.07) is 3.21. The topological polar surface area (TPSA) is 75.2 Å². The minimum atomic E-state index is -4.53. The van der Waals surface area contributed by atoms with Gasteiger partial charge in [-0.15, -0.1) is 0 Å². The molecule has 1 aromatic carbocycles. The van der Waals surface area contributed by atoms with Crippen LogP contribution in [0.2, 0.25) is 0 Å². The van der Waals surface area contributed by atoms with E-state index < -0.39 is 21.8 Å². The fourth-order valence-corrected chi connectivity index (χ4v) is 2.82. The first-order chi connectivity index (χ1) is 10.6. The molecule has 0 aliphatic rings. The number of benzene rings is 1. The van der Waals surface area contributed by atoms with Crippen molar-refractivity contribution in [1.82, 2.24) is 9.97 Å². The summed E-state index contributed by atoms with van der Waals surface area (Å²) in [7, 11) is -0.726. The van der Waals surface area contributed by atoms with Gasteiger partial charge in [0.1, 0.15) is 12.0 Å². The third kappa shape index (κ3) is 3.89. The van der Waals surface area contributed by atoms with Gasteiger partial charge in [-0.25, -0.2) is 18.4 Å². The molecule has 1 aromatic heterocycles. The summed E-state index contributed by atoms with van der Waals surface area (Å²) in [5, 5.41) is 0. The maximum atomic E-state index is 12.5. The molecule has 10 heteroatoms. The van der Waals surface area contributed by atoms with Crippen LogP contribution in [-0.4, -0.2) is 32.5 Å². The van der Waals surface area contributed by atoms with Crippen molar-refractivity contribution in [3.8, 4) is 0 Å². The second-order valence-electron chi connectivity index (χ2n) is 4.78. The van der Waals surface area contributed by atoms with Crippen molar-refractivity contribution < 1.29 is 21.6 Å². The van der Waals surface area contributed by atoms with Crippen LogP contribution >= 0.6 is 0 Å². The molecule has 0 aliphatic carbocycles. The van der Waals surface area contributed by atoms with Crippen molar-refractivity contribution in [2.45, 2.75) is 11.1 Å². The van der Waals surface area contributed by atoms with E-state index >= 15 is 0 Å². The van der Waals surface area contributed by atoms with Crippen molar-refractivity contribution >= 4 is 21.5 Å². The summed E-state index contributed by atoms with van der Waals surface area (Å²) in [4.78, 5) is 8.96. The van der Waals surface area contributed by atoms with Gasteiger partial charge < -0.3 is 4.90 Å². The van der Waals surface area contributed by atoms with Crippen LogP contribution in [0.5, 0.6) is 0 Å². The molecule has 6 nitrogen and oxygen atoms in total. The Balaban J connectivity index is 2.33. The first kappa shape index (κ1) is 17.0. The first-order valence-corrected chi connectivity index (χ1v) is 7.77. The molecule has 0 unspecified atom stereocenters. The number of alkyl halides is 3. The molecule has 0 aliphatic heterocycles. The molecule has 0 atom stereocenters. The van der Waals surface area contributed by atoms with E-state index in [9.17, 15) is 21.6 Å². The monoisotopic (exact) mass is 346 g/mol. The second kappa shape index (κ2) is 6.03. The molecule has 0 amide bonds. The summed E-state index contributed by atoms with van der Waals surface area (Å²) in [6.45, 7) is 0. The summed E-state index contributed by atoms with van der Waals surface area (Å²) < 4.78 is 64.4. The van der Waals surface area contributed by atoms with Crippen LogP contribution < -0.4 is 9.62 Å². The molecular formula is C13H13F3N4O2S. The molecule has 0 saturated carbocycles. The molecule has 0 radical (unpaired) electrons. The first-order valence-electron chi connectivity index (χ1n) is 6.28. The van der Waals surface area contributed by atoms with Crippen LogP contribution in [0, 0.1) is 0 Å². The van der Waals surface area contributed by atoms with Gasteiger partial charge in [0.2, 0.25) is 0 Å². The molecule has 2 rings (SSSR count). The summed E-state index contributed by atoms with van der Waals surface area (Å²) >= 11 is 0. The maximum absolute atomic E-state index is 12.5. The number of nitrogens with zero attached hydrogens (tertiary/aromatic N) is 3. The van der Waals surface area contributed by atoms with Crippen LogP contribution in [0.1, 0.15) is 5.56 Å². The molecule has 0 bridgehead atoms. The highest BCUT2D eigenvalue weighted by Crippen LogP contribution is 2.30. The minimum absolute atomic E-state index is 0.123. The Morgan fingerprint density at radius 1 is 1.13 bits per heavy atom. The van der Waals surface area contributed by atoms with Crippen LogP contribution in [0.4, 0.5) is 24.7 Å². The average molecular weight is 346 g/mol. The quantitative estimate of drug-likeness (QED) is 0.920. The lowest BCUT2D eigenvalue weighted by Crippen LogP contribution is -2.18. The normalized spacial score (nSPS) is 12.0. The molecule has 0 spiro atoms. The number of rotatable bonds is 4. The molecule has 2 aromatic rings. The largest absolute Gasteiger partial charge is 0.416 e. The lowest BCUT2D eigenvalue weighted by atomic mass is 10.2. The van der Waals surface area contributed by atoms with E-state index in [2.05, 4.69) is 14.7 Å². The van der Waals surface area contributed by atoms with E-state index in [0.29, 0.717) is 18.0 Å². The lowest BCUT2D eigenvalue weighted by Gasteiger charge is -2.16. The molecule has 1 heterocycles. The van der Waals surface area contributed by atoms with Gasteiger partial charge in [-0.1, -0.05) is 0 Å². The number of hydrogen-bond acceptors (Lipinski definition) is 5. The Morgan fingerprint density at radius 2 is 1.74 bits per heavy atom. The Labute approximate surface area is 131 Å². The third-order valence-electron chi connectivity index (χ3n) is 2.85. The van der Waals surface area contributed by atoms with Crippen LogP contribution in [0.3, 0.4) is 0 Å². The fraction of sp³-hybridized carbons (Fsp3) is 0.231. The zero-order valence-electron chi connectivity index (χ0n) is 12.2. The molecular weight excluding hydrogens is 333 g/mol. The van der Waals surface area contributed by atoms with E-state index in [1.807, 2.05) is 0 Å². The highest BCUT2D eigenvalue weighted by atomic mass is 32.2. The Hall–Kier alpha value is -2.36. The van der Waals surface area contributed by atoms with Gasteiger partial charge in [-0.05, 0) is 24.3 Å². The number of anilines is 2. The fourth-order valence-electron chi connectivity index (χ4n) is 1.78. The van der Waals surface area contributed by atoms with Crippen LogP contribution in [0.15, 0.2) is 41.7 Å². The van der Waals surface area contributed by atoms with Crippen molar-refractivity contribution in [1.29, 1.82) is 0 Å². The van der Waals surface area contributed by atoms with Gasteiger partial charge in [0.15, 0.2) is 5.82 Å². The Morgan fingerprint density at radius 3 is 2.26 bits per heavy atom. The van der Waals surface area contributed by atoms with Crippen molar-refractivity contribution in [3.05, 3.63) is 42.4 Å². The van der Waals surface area contributed by atoms with Gasteiger partial charge in [-0.2, -0.15) is 13.2 Å². The maximum Gasteiger partial charge on any atom is 0.416 e. The molecule has 0 saturated heterocycles. The van der Waals surface area contributed by atoms with E-state index in [4.69, 9.17) is 0 Å². The lowest BCUT2D eigenvalue weighted by molar-refractivity contribution is -0.137. The number of nitrogens with one attached hydrogen (secondary N) is 1. The zero-order valence-corrected chi connectivity index (χ0v) is 13.0. The zero-order chi connectivity index (χ0) is 17.3. The van der Waals surface area contributed by atoms with E-state index in [1.54, 1.807) is 19.0 Å². The van der Waals surface area contributed by atoms with Crippen molar-refractivity contribution in [2.75, 3.05) is 23.7 Å². The van der Waals surface area contributed by atoms with Gasteiger partial charge >= 0.3 is 6.18 Å². The number of halogens is 3. The van der Waals surface area contributed by atoms with Crippen LogP contribution in [-0.2, 0) is 16.2 Å². The van der Waals surface area contributed by atoms with E-state index in [0.717, 1.165) is 12.1 Å². The molecule has 0 fully saturated rings. The highest BCUT2D eigenvalue weighted by Gasteiger charge is 2.30. The van der Waals surface area contributed by atoms with Gasteiger partial charge in [0.25, 0.3) is 10.0 Å². The molecule has 124 valence electrons. The second-order valence-corrected chi connectivity index (χ2v) is 6.46. The standard InChI is InChI=1S/C13H13F3N4O2S/c1-20(2)12-11(7-17-8-18-12)19-23(21,22)10-5-3-9(4-6-10)13(14,15)16/h3-8,19H,1-2H3. The predicted octanol–water partition coefficient (Wildman–Crippen LogP) is 2.36. The number of hydrogen-bond donors (Lipinski definition) is 1. The predicted molar refractivity (Wildman–Crippen MR) is 78.6 cm³/mol. The number of aromatic nitrogens is 2. The smallest absolute Gasteiger partial charge is 0.361 e. The van der Waals surface area contributed by atoms with Crippen molar-refractivity contribution in [3.63, 3.8) is 0 Å². The average Bonchev–Trinajstić information content (AvgIpc) is 2.46. The van der Waals surface area contributed by atoms with Crippen molar-refractivity contribution in [2.24, 2.45) is 0 Å². The van der Waals surface area contributed by atoms with E-state index in [1.165, 1.54) is 12.5 Å². The minimum Gasteiger partial charge on any atom is -0.361 e. The summed E-state index contributed by atoms with van der Waals surface area (Å²) in [5.74, 6) is 0.329. The van der Waals surface area contributed by atoms with E-state index in [-0.39, 0.29) is 10.6 Å². The van der Waals surface area contributed by atoms with Gasteiger partial charge in [-0.3, -0.25) is 4.72 Å². The molecule has 23 heavy (non-hydrogen) atoms. The van der Waals surface area contributed by atoms with Crippen LogP contribution in [0.25, 0.3) is 0 Å². The summed E-state index contributed by atoms with van der Waals surface area (Å²) in [5.41, 5.74) is -0.800. The SMILES string of the molecule is CN(C)c1ncncc1NS(=O)(=O)c1ccc(C(F)(F)F)cc1. The van der Waals surface area contributed by atoms with Gasteiger partial charge in [0.05, 0.1) is 16.7 Å². The number of sulfonamides is 1. The van der Waals surface area contributed by atoms with Gasteiger partial charge in [0, 0.05) is 14.1 Å². The summed E-state index contributed by atoms with van der Waals surface area (Å²) in [6.07, 6.45) is -2.00. The molecule has 1 N–H and O–H groups in total. The highest BCUT2D eigenvalue weighted by molar-refractivity contribution is 7.92. The Kier molecular flexibility index (Phi) is 4.46. The Bertz CT molecular complexity index is 790. The third-order valence-corrected chi connectivity index (χ3v) is 4.23.